The first-order valence-electron chi connectivity index (χ1n) is 5.82. The zero-order chi connectivity index (χ0) is 12.4. The summed E-state index contributed by atoms with van der Waals surface area (Å²) in [5.41, 5.74) is 2.71. The van der Waals surface area contributed by atoms with Crippen molar-refractivity contribution in [1.82, 2.24) is 0 Å². The lowest BCUT2D eigenvalue weighted by molar-refractivity contribution is 0.563. The highest BCUT2D eigenvalue weighted by atomic mass is 16.3. The van der Waals surface area contributed by atoms with Gasteiger partial charge in [-0.1, -0.05) is 30.3 Å². The van der Waals surface area contributed by atoms with Gasteiger partial charge in [-0.15, -0.1) is 0 Å². The Hall–Kier alpha value is -2.53. The van der Waals surface area contributed by atoms with E-state index in [9.17, 15) is 0 Å². The smallest absolute Gasteiger partial charge is 0.134 e. The number of furan rings is 1. The minimum Gasteiger partial charge on any atom is -0.461 e. The lowest BCUT2D eigenvalue weighted by atomic mass is 10.1. The van der Waals surface area contributed by atoms with Crippen LogP contribution in [0.15, 0.2) is 59.0 Å². The molecule has 18 heavy (non-hydrogen) atoms. The van der Waals surface area contributed by atoms with E-state index in [0.29, 0.717) is 5.56 Å². The number of nitriles is 1. The molecule has 3 rings (SSSR count). The normalized spacial score (nSPS) is 10.4. The highest BCUT2D eigenvalue weighted by Crippen LogP contribution is 2.22. The molecule has 3 aromatic rings. The molecule has 1 heterocycles. The first kappa shape index (κ1) is 10.6. The Balaban J connectivity index is 1.97. The summed E-state index contributed by atoms with van der Waals surface area (Å²) in [4.78, 5) is 0. The standard InChI is InChI=1S/C16H11NO/c17-11-13-6-7-16-14(8-13)10-15(18-16)9-12-4-2-1-3-5-12/h1-8,10H,9H2. The van der Waals surface area contributed by atoms with Gasteiger partial charge in [0.25, 0.3) is 0 Å². The third-order valence-electron chi connectivity index (χ3n) is 2.92. The van der Waals surface area contributed by atoms with Crippen molar-refractivity contribution in [3.05, 3.63) is 71.5 Å². The second-order valence-corrected chi connectivity index (χ2v) is 4.24. The van der Waals surface area contributed by atoms with E-state index in [-0.39, 0.29) is 0 Å². The molecule has 2 aromatic carbocycles. The van der Waals surface area contributed by atoms with Gasteiger partial charge in [-0.3, -0.25) is 0 Å². The molecular formula is C16H11NO. The molecule has 2 heteroatoms. The van der Waals surface area contributed by atoms with Crippen LogP contribution in [0, 0.1) is 11.3 Å². The van der Waals surface area contributed by atoms with Gasteiger partial charge in [-0.25, -0.2) is 0 Å². The maximum atomic E-state index is 8.86. The fraction of sp³-hybridized carbons (Fsp3) is 0.0625. The molecule has 0 aliphatic rings. The number of rotatable bonds is 2. The average Bonchev–Trinajstić information content (AvgIpc) is 2.80. The summed E-state index contributed by atoms with van der Waals surface area (Å²) in [5.74, 6) is 0.922. The van der Waals surface area contributed by atoms with Gasteiger partial charge >= 0.3 is 0 Å². The molecule has 0 spiro atoms. The molecular weight excluding hydrogens is 222 g/mol. The second-order valence-electron chi connectivity index (χ2n) is 4.24. The van der Waals surface area contributed by atoms with E-state index in [1.54, 1.807) is 6.07 Å². The minimum absolute atomic E-state index is 0.662. The SMILES string of the molecule is N#Cc1ccc2oc(Cc3ccccc3)cc2c1. The highest BCUT2D eigenvalue weighted by molar-refractivity contribution is 5.79. The van der Waals surface area contributed by atoms with Crippen molar-refractivity contribution >= 4 is 11.0 Å². The summed E-state index contributed by atoms with van der Waals surface area (Å²) in [6.45, 7) is 0. The van der Waals surface area contributed by atoms with Gasteiger partial charge in [0.15, 0.2) is 0 Å². The van der Waals surface area contributed by atoms with E-state index in [4.69, 9.17) is 9.68 Å². The van der Waals surface area contributed by atoms with Gasteiger partial charge in [0.05, 0.1) is 11.6 Å². The zero-order valence-electron chi connectivity index (χ0n) is 9.76. The molecule has 0 fully saturated rings. The number of hydrogen-bond acceptors (Lipinski definition) is 2. The van der Waals surface area contributed by atoms with E-state index in [2.05, 4.69) is 18.2 Å². The predicted molar refractivity (Wildman–Crippen MR) is 70.2 cm³/mol. The van der Waals surface area contributed by atoms with Gasteiger partial charge in [0, 0.05) is 11.8 Å². The Morgan fingerprint density at radius 2 is 1.83 bits per heavy atom. The van der Waals surface area contributed by atoms with Crippen molar-refractivity contribution in [3.63, 3.8) is 0 Å². The van der Waals surface area contributed by atoms with Crippen molar-refractivity contribution in [1.29, 1.82) is 5.26 Å². The van der Waals surface area contributed by atoms with Crippen LogP contribution in [-0.4, -0.2) is 0 Å². The summed E-state index contributed by atoms with van der Waals surface area (Å²) in [6, 6.07) is 19.8. The molecule has 1 aromatic heterocycles. The summed E-state index contributed by atoms with van der Waals surface area (Å²) >= 11 is 0. The Kier molecular flexibility index (Phi) is 2.59. The zero-order valence-corrected chi connectivity index (χ0v) is 9.76. The highest BCUT2D eigenvalue weighted by Gasteiger charge is 2.05. The topological polar surface area (TPSA) is 36.9 Å². The fourth-order valence-corrected chi connectivity index (χ4v) is 2.05. The van der Waals surface area contributed by atoms with Crippen LogP contribution in [0.2, 0.25) is 0 Å². The quantitative estimate of drug-likeness (QED) is 0.673. The molecule has 0 amide bonds. The number of nitrogens with zero attached hydrogens (tertiary/aromatic N) is 1. The van der Waals surface area contributed by atoms with Crippen LogP contribution in [-0.2, 0) is 6.42 Å². The van der Waals surface area contributed by atoms with Gasteiger partial charge in [-0.05, 0) is 29.8 Å². The summed E-state index contributed by atoms with van der Waals surface area (Å²) < 4.78 is 5.76. The molecule has 0 saturated heterocycles. The monoisotopic (exact) mass is 233 g/mol. The fourth-order valence-electron chi connectivity index (χ4n) is 2.05. The van der Waals surface area contributed by atoms with Crippen molar-refractivity contribution in [2.75, 3.05) is 0 Å². The lowest BCUT2D eigenvalue weighted by Crippen LogP contribution is -1.83. The molecule has 0 aliphatic carbocycles. The lowest BCUT2D eigenvalue weighted by Gasteiger charge is -1.96. The molecule has 0 radical (unpaired) electrons. The molecule has 86 valence electrons. The molecule has 0 atom stereocenters. The average molecular weight is 233 g/mol. The summed E-state index contributed by atoms with van der Waals surface area (Å²) in [7, 11) is 0. The van der Waals surface area contributed by atoms with Crippen LogP contribution in [0.25, 0.3) is 11.0 Å². The first-order valence-corrected chi connectivity index (χ1v) is 5.82. The van der Waals surface area contributed by atoms with Gasteiger partial charge in [0.2, 0.25) is 0 Å². The molecule has 0 unspecified atom stereocenters. The summed E-state index contributed by atoms with van der Waals surface area (Å²) in [6.07, 6.45) is 0.775. The molecule has 0 bridgehead atoms. The number of fused-ring (bicyclic) bond motifs is 1. The molecule has 0 saturated carbocycles. The molecule has 0 N–H and O–H groups in total. The Labute approximate surface area is 105 Å². The Morgan fingerprint density at radius 1 is 1.00 bits per heavy atom. The predicted octanol–water partition coefficient (Wildman–Crippen LogP) is 3.90. The van der Waals surface area contributed by atoms with Gasteiger partial charge < -0.3 is 4.42 Å². The van der Waals surface area contributed by atoms with Crippen LogP contribution in [0.4, 0.5) is 0 Å². The molecule has 2 nitrogen and oxygen atoms in total. The van der Waals surface area contributed by atoms with E-state index in [1.807, 2.05) is 36.4 Å². The van der Waals surface area contributed by atoms with Crippen LogP contribution in [0.1, 0.15) is 16.9 Å². The maximum Gasteiger partial charge on any atom is 0.134 e. The van der Waals surface area contributed by atoms with Gasteiger partial charge in [0.1, 0.15) is 11.3 Å². The van der Waals surface area contributed by atoms with E-state index in [0.717, 1.165) is 23.2 Å². The van der Waals surface area contributed by atoms with Crippen molar-refractivity contribution in [2.24, 2.45) is 0 Å². The van der Waals surface area contributed by atoms with Crippen LogP contribution in [0.5, 0.6) is 0 Å². The van der Waals surface area contributed by atoms with Crippen LogP contribution < -0.4 is 0 Å². The van der Waals surface area contributed by atoms with E-state index in [1.165, 1.54) is 5.56 Å². The first-order chi connectivity index (χ1) is 8.85. The van der Waals surface area contributed by atoms with Crippen LogP contribution in [0.3, 0.4) is 0 Å². The maximum absolute atomic E-state index is 8.86. The Morgan fingerprint density at radius 3 is 2.61 bits per heavy atom. The van der Waals surface area contributed by atoms with Crippen molar-refractivity contribution in [2.45, 2.75) is 6.42 Å². The number of hydrogen-bond donors (Lipinski definition) is 0. The van der Waals surface area contributed by atoms with Crippen LogP contribution >= 0.6 is 0 Å². The number of benzene rings is 2. The summed E-state index contributed by atoms with van der Waals surface area (Å²) in [5, 5.41) is 9.84. The van der Waals surface area contributed by atoms with Crippen molar-refractivity contribution < 1.29 is 4.42 Å². The Bertz CT molecular complexity index is 720. The largest absolute Gasteiger partial charge is 0.461 e. The van der Waals surface area contributed by atoms with Gasteiger partial charge in [-0.2, -0.15) is 5.26 Å². The second kappa shape index (κ2) is 4.38. The van der Waals surface area contributed by atoms with E-state index >= 15 is 0 Å². The third kappa shape index (κ3) is 1.99. The minimum atomic E-state index is 0.662. The van der Waals surface area contributed by atoms with E-state index < -0.39 is 0 Å². The third-order valence-corrected chi connectivity index (χ3v) is 2.92. The van der Waals surface area contributed by atoms with Crippen molar-refractivity contribution in [3.8, 4) is 6.07 Å². The molecule has 0 aliphatic heterocycles.